The molecule has 1 amide bonds. The summed E-state index contributed by atoms with van der Waals surface area (Å²) >= 11 is 0. The van der Waals surface area contributed by atoms with Gasteiger partial charge < -0.3 is 15.6 Å². The van der Waals surface area contributed by atoms with Gasteiger partial charge in [0.25, 0.3) is 0 Å². The molecule has 0 fully saturated rings. The minimum absolute atomic E-state index is 0.104. The van der Waals surface area contributed by atoms with Gasteiger partial charge in [0, 0.05) is 23.5 Å². The van der Waals surface area contributed by atoms with Crippen LogP contribution in [0.5, 0.6) is 0 Å². The molecule has 1 aromatic carbocycles. The van der Waals surface area contributed by atoms with Gasteiger partial charge in [-0.25, -0.2) is 0 Å². The Kier molecular flexibility index (Phi) is 5.87. The number of rotatable bonds is 7. The molecule has 0 saturated heterocycles. The molecule has 2 radical (unpaired) electrons. The monoisotopic (exact) mass is 349 g/mol. The number of H-pyrrole nitrogens is 1. The molecular weight excluding hydrogens is 321 g/mol. The first-order chi connectivity index (χ1) is 12.6. The van der Waals surface area contributed by atoms with Gasteiger partial charge >= 0.3 is 0 Å². The lowest BCUT2D eigenvalue weighted by Gasteiger charge is -2.22. The summed E-state index contributed by atoms with van der Waals surface area (Å²) < 4.78 is 0. The third-order valence-corrected chi connectivity index (χ3v) is 5.45. The average Bonchev–Trinajstić information content (AvgIpc) is 2.98. The quantitative estimate of drug-likeness (QED) is 0.673. The molecule has 1 aromatic heterocycles. The van der Waals surface area contributed by atoms with Crippen molar-refractivity contribution in [2.75, 3.05) is 13.6 Å². The largest absolute Gasteiger partial charge is 0.368 e. The van der Waals surface area contributed by atoms with Crippen molar-refractivity contribution in [1.29, 1.82) is 0 Å². The van der Waals surface area contributed by atoms with E-state index >= 15 is 0 Å². The maximum Gasteiger partial charge on any atom is 0.228 e. The number of amides is 1. The SMILES string of the molecule is [B]c1[nH]c2cccc3c2c1CC/C3=C\C(CNC)C(=O)NC(CC)CC. The fourth-order valence-corrected chi connectivity index (χ4v) is 3.92. The lowest BCUT2D eigenvalue weighted by atomic mass is 9.83. The molecule has 4 nitrogen and oxygen atoms in total. The van der Waals surface area contributed by atoms with Crippen LogP contribution in [0.2, 0.25) is 0 Å². The molecular formula is C21H28BN3O. The normalized spacial score (nSPS) is 16.4. The van der Waals surface area contributed by atoms with Crippen LogP contribution in [0, 0.1) is 5.92 Å². The van der Waals surface area contributed by atoms with E-state index in [1.165, 1.54) is 22.1 Å². The number of carbonyl (C=O) groups excluding carboxylic acids is 1. The summed E-state index contributed by atoms with van der Waals surface area (Å²) in [6, 6.07) is 6.49. The molecule has 1 aliphatic rings. The van der Waals surface area contributed by atoms with Gasteiger partial charge in [0.1, 0.15) is 7.85 Å². The summed E-state index contributed by atoms with van der Waals surface area (Å²) in [5.41, 5.74) is 5.49. The van der Waals surface area contributed by atoms with Crippen molar-refractivity contribution in [2.45, 2.75) is 45.6 Å². The van der Waals surface area contributed by atoms with Crippen LogP contribution in [0.3, 0.4) is 0 Å². The first-order valence-electron chi connectivity index (χ1n) is 9.64. The standard InChI is InChI=1S/C21H28BN3O/c1-4-15(5-2)24-21(26)14(12-23-3)11-13-9-10-17-19-16(13)7-6-8-18(19)25-20(17)22/h6-8,11,14-15,23,25H,4-5,9-10,12H2,1-3H3,(H,24,26)/b13-11+. The predicted octanol–water partition coefficient (Wildman–Crippen LogP) is 2.43. The van der Waals surface area contributed by atoms with Gasteiger partial charge in [-0.15, -0.1) is 0 Å². The lowest BCUT2D eigenvalue weighted by Crippen LogP contribution is -2.40. The van der Waals surface area contributed by atoms with Gasteiger partial charge in [0.15, 0.2) is 0 Å². The molecule has 1 unspecified atom stereocenters. The van der Waals surface area contributed by atoms with E-state index in [9.17, 15) is 4.79 Å². The van der Waals surface area contributed by atoms with Crippen LogP contribution >= 0.6 is 0 Å². The Hall–Kier alpha value is -2.01. The molecule has 3 rings (SSSR count). The molecule has 26 heavy (non-hydrogen) atoms. The van der Waals surface area contributed by atoms with E-state index in [4.69, 9.17) is 7.85 Å². The Morgan fingerprint density at radius 1 is 1.31 bits per heavy atom. The van der Waals surface area contributed by atoms with Crippen LogP contribution in [-0.2, 0) is 11.2 Å². The van der Waals surface area contributed by atoms with E-state index < -0.39 is 0 Å². The van der Waals surface area contributed by atoms with Crippen LogP contribution in [0.1, 0.15) is 44.2 Å². The van der Waals surface area contributed by atoms with E-state index in [0.717, 1.165) is 36.8 Å². The number of nitrogens with one attached hydrogen (secondary N) is 3. The van der Waals surface area contributed by atoms with E-state index in [-0.39, 0.29) is 17.9 Å². The van der Waals surface area contributed by atoms with Crippen molar-refractivity contribution in [3.05, 3.63) is 35.4 Å². The second kappa shape index (κ2) is 8.13. The number of allylic oxidation sites excluding steroid dienone is 1. The Bertz CT molecular complexity index is 820. The van der Waals surface area contributed by atoms with Gasteiger partial charge in [0.2, 0.25) is 5.91 Å². The van der Waals surface area contributed by atoms with Crippen molar-refractivity contribution in [1.82, 2.24) is 15.6 Å². The number of aryl methyl sites for hydroxylation is 1. The molecule has 3 N–H and O–H groups in total. The molecule has 0 saturated carbocycles. The number of aromatic nitrogens is 1. The highest BCUT2D eigenvalue weighted by Gasteiger charge is 2.23. The summed E-state index contributed by atoms with van der Waals surface area (Å²) in [5, 5.41) is 7.57. The average molecular weight is 349 g/mol. The van der Waals surface area contributed by atoms with Gasteiger partial charge in [-0.2, -0.15) is 0 Å². The van der Waals surface area contributed by atoms with Crippen LogP contribution in [-0.4, -0.2) is 38.4 Å². The van der Waals surface area contributed by atoms with Gasteiger partial charge in [0.05, 0.1) is 5.92 Å². The Balaban J connectivity index is 1.94. The lowest BCUT2D eigenvalue weighted by molar-refractivity contribution is -0.124. The third kappa shape index (κ3) is 3.59. The zero-order valence-electron chi connectivity index (χ0n) is 16.0. The second-order valence-electron chi connectivity index (χ2n) is 7.12. The fraction of sp³-hybridized carbons (Fsp3) is 0.476. The molecule has 136 valence electrons. The molecule has 0 bridgehead atoms. The fourth-order valence-electron chi connectivity index (χ4n) is 3.92. The van der Waals surface area contributed by atoms with Crippen molar-refractivity contribution >= 4 is 35.8 Å². The number of carbonyl (C=O) groups is 1. The van der Waals surface area contributed by atoms with Crippen molar-refractivity contribution < 1.29 is 4.79 Å². The van der Waals surface area contributed by atoms with E-state index in [1.54, 1.807) is 0 Å². The zero-order chi connectivity index (χ0) is 18.7. The number of hydrogen-bond donors (Lipinski definition) is 3. The second-order valence-corrected chi connectivity index (χ2v) is 7.12. The summed E-state index contributed by atoms with van der Waals surface area (Å²) in [4.78, 5) is 16.1. The van der Waals surface area contributed by atoms with E-state index in [1.807, 2.05) is 13.1 Å². The highest BCUT2D eigenvalue weighted by Crippen LogP contribution is 2.35. The van der Waals surface area contributed by atoms with E-state index in [0.29, 0.717) is 6.54 Å². The van der Waals surface area contributed by atoms with Gasteiger partial charge in [-0.3, -0.25) is 4.79 Å². The zero-order valence-corrected chi connectivity index (χ0v) is 16.0. The molecule has 5 heteroatoms. The molecule has 1 atom stereocenters. The van der Waals surface area contributed by atoms with Crippen LogP contribution in [0.25, 0.3) is 16.5 Å². The summed E-state index contributed by atoms with van der Waals surface area (Å²) in [6.07, 6.45) is 5.88. The van der Waals surface area contributed by atoms with Crippen LogP contribution in [0.15, 0.2) is 24.3 Å². The number of aromatic amines is 1. The van der Waals surface area contributed by atoms with Crippen molar-refractivity contribution in [2.24, 2.45) is 5.92 Å². The van der Waals surface area contributed by atoms with Crippen molar-refractivity contribution in [3.63, 3.8) is 0 Å². The number of hydrogen-bond acceptors (Lipinski definition) is 2. The Morgan fingerprint density at radius 2 is 2.08 bits per heavy atom. The Morgan fingerprint density at radius 3 is 2.77 bits per heavy atom. The summed E-state index contributed by atoms with van der Waals surface area (Å²) in [6.45, 7) is 4.85. The minimum Gasteiger partial charge on any atom is -0.368 e. The number of benzene rings is 1. The Labute approximate surface area is 157 Å². The molecule has 1 heterocycles. The van der Waals surface area contributed by atoms with Gasteiger partial charge in [-0.1, -0.05) is 32.1 Å². The maximum absolute atomic E-state index is 12.8. The first kappa shape index (κ1) is 18.8. The summed E-state index contributed by atoms with van der Waals surface area (Å²) in [5.74, 6) is -0.0733. The van der Waals surface area contributed by atoms with Crippen LogP contribution in [0.4, 0.5) is 0 Å². The van der Waals surface area contributed by atoms with Gasteiger partial charge in [-0.05, 0) is 61.1 Å². The first-order valence-corrected chi connectivity index (χ1v) is 9.64. The smallest absolute Gasteiger partial charge is 0.228 e. The molecule has 2 aromatic rings. The topological polar surface area (TPSA) is 56.9 Å². The minimum atomic E-state index is -0.177. The molecule has 0 spiro atoms. The predicted molar refractivity (Wildman–Crippen MR) is 110 cm³/mol. The highest BCUT2D eigenvalue weighted by molar-refractivity contribution is 6.34. The molecule has 1 aliphatic carbocycles. The highest BCUT2D eigenvalue weighted by atomic mass is 16.1. The third-order valence-electron chi connectivity index (χ3n) is 5.45. The van der Waals surface area contributed by atoms with E-state index in [2.05, 4.69) is 47.7 Å². The maximum atomic E-state index is 12.8. The molecule has 0 aliphatic heterocycles. The summed E-state index contributed by atoms with van der Waals surface area (Å²) in [7, 11) is 8.04. The van der Waals surface area contributed by atoms with Crippen LogP contribution < -0.4 is 16.2 Å². The van der Waals surface area contributed by atoms with Crippen molar-refractivity contribution in [3.8, 4) is 0 Å².